The summed E-state index contributed by atoms with van der Waals surface area (Å²) in [6.45, 7) is 14.6. The lowest BCUT2D eigenvalue weighted by molar-refractivity contribution is -0.385. The summed E-state index contributed by atoms with van der Waals surface area (Å²) in [7, 11) is 0. The number of anilines is 1. The second kappa shape index (κ2) is 13.9. The summed E-state index contributed by atoms with van der Waals surface area (Å²) in [6.07, 6.45) is -2.58. The Morgan fingerprint density at radius 3 is 1.88 bits per heavy atom. The summed E-state index contributed by atoms with van der Waals surface area (Å²) in [4.78, 5) is 19.4. The van der Waals surface area contributed by atoms with Crippen LogP contribution in [0.25, 0.3) is 11.4 Å². The molecule has 0 aliphatic heterocycles. The van der Waals surface area contributed by atoms with Crippen LogP contribution in [0.2, 0.25) is 0 Å². The van der Waals surface area contributed by atoms with E-state index in [1.807, 2.05) is 74.5 Å². The standard InChI is InChI=1S/C37H34N8O6/c1-23-21-27(38)17-19-32(23)48-37(49-33-20-18-30(45(46)47)22-31(33)39-5,50-35-24(2)25(3)41-43(35)28-13-9-7-10-14-28)51-36-34(40-6)26(4)42-44(36)29-15-11-8-12-16-29/h7-22H,5-6,38H2,1-4H3. The molecule has 6 rings (SSSR count). The van der Waals surface area contributed by atoms with Gasteiger partial charge in [-0.3, -0.25) is 20.1 Å². The molecule has 14 heteroatoms. The molecule has 2 N–H and O–H groups in total. The molecule has 2 aromatic heterocycles. The van der Waals surface area contributed by atoms with E-state index >= 15 is 0 Å². The zero-order valence-corrected chi connectivity index (χ0v) is 28.3. The third kappa shape index (κ3) is 6.83. The van der Waals surface area contributed by atoms with E-state index in [0.717, 1.165) is 0 Å². The van der Waals surface area contributed by atoms with Gasteiger partial charge in [0.15, 0.2) is 5.75 Å². The maximum Gasteiger partial charge on any atom is 0.613 e. The number of nitrogens with zero attached hydrogens (tertiary/aromatic N) is 7. The number of nitro groups is 1. The van der Waals surface area contributed by atoms with Gasteiger partial charge >= 0.3 is 6.16 Å². The van der Waals surface area contributed by atoms with Crippen LogP contribution < -0.4 is 24.7 Å². The Morgan fingerprint density at radius 2 is 1.29 bits per heavy atom. The Bertz CT molecular complexity index is 2250. The minimum atomic E-state index is -2.58. The number of hydrogen-bond acceptors (Lipinski definition) is 11. The SMILES string of the molecule is C=Nc1cc([N+](=O)[O-])ccc1OC(Oc1ccc(N)cc1C)(Oc1c(C)c(C)nn1-c1ccccc1)Oc1c(N=C)c(C)nn1-c1ccccc1. The molecule has 0 aliphatic carbocycles. The van der Waals surface area contributed by atoms with Crippen LogP contribution in [0.3, 0.4) is 0 Å². The smallest absolute Gasteiger partial charge is 0.399 e. The number of aliphatic imine (C=N–C) groups is 2. The van der Waals surface area contributed by atoms with Crippen LogP contribution in [0.5, 0.6) is 23.3 Å². The zero-order chi connectivity index (χ0) is 36.3. The summed E-state index contributed by atoms with van der Waals surface area (Å²) in [6, 6.07) is 27.3. The van der Waals surface area contributed by atoms with Gasteiger partial charge in [0, 0.05) is 23.4 Å². The first-order valence-electron chi connectivity index (χ1n) is 15.6. The van der Waals surface area contributed by atoms with E-state index in [1.165, 1.54) is 22.9 Å². The van der Waals surface area contributed by atoms with Gasteiger partial charge in [0.05, 0.1) is 27.7 Å². The number of nitrogen functional groups attached to an aromatic ring is 1. The maximum atomic E-state index is 11.7. The van der Waals surface area contributed by atoms with Gasteiger partial charge in [0.2, 0.25) is 5.88 Å². The number of hydrogen-bond donors (Lipinski definition) is 1. The lowest BCUT2D eigenvalue weighted by atomic mass is 10.2. The molecule has 1 unspecified atom stereocenters. The van der Waals surface area contributed by atoms with Gasteiger partial charge in [-0.25, -0.2) is 4.68 Å². The van der Waals surface area contributed by atoms with Crippen molar-refractivity contribution in [3.63, 3.8) is 0 Å². The van der Waals surface area contributed by atoms with Gasteiger partial charge in [-0.15, -0.1) is 0 Å². The van der Waals surface area contributed by atoms with E-state index in [-0.39, 0.29) is 40.3 Å². The van der Waals surface area contributed by atoms with E-state index in [1.54, 1.807) is 36.7 Å². The summed E-state index contributed by atoms with van der Waals surface area (Å²) < 4.78 is 30.0. The molecule has 14 nitrogen and oxygen atoms in total. The molecule has 0 amide bonds. The third-order valence-corrected chi connectivity index (χ3v) is 7.89. The summed E-state index contributed by atoms with van der Waals surface area (Å²) in [5, 5.41) is 21.1. The fourth-order valence-electron chi connectivity index (χ4n) is 5.21. The highest BCUT2D eigenvalue weighted by molar-refractivity contribution is 5.62. The average Bonchev–Trinajstić information content (AvgIpc) is 3.59. The van der Waals surface area contributed by atoms with Crippen molar-refractivity contribution >= 4 is 36.2 Å². The number of aryl methyl sites for hydroxylation is 3. The topological polar surface area (TPSA) is 166 Å². The number of non-ortho nitro benzene ring substituents is 1. The molecule has 51 heavy (non-hydrogen) atoms. The van der Waals surface area contributed by atoms with Crippen LogP contribution in [0.1, 0.15) is 22.5 Å². The molecule has 0 bridgehead atoms. The highest BCUT2D eigenvalue weighted by Gasteiger charge is 2.48. The number of nitrogens with two attached hydrogens (primary N) is 1. The molecular formula is C37H34N8O6. The molecular weight excluding hydrogens is 652 g/mol. The van der Waals surface area contributed by atoms with Crippen LogP contribution in [0.15, 0.2) is 107 Å². The Hall–Kier alpha value is -6.96. The Balaban J connectivity index is 1.64. The van der Waals surface area contributed by atoms with Crippen LogP contribution in [-0.4, -0.2) is 44.1 Å². The predicted molar refractivity (Wildman–Crippen MR) is 194 cm³/mol. The van der Waals surface area contributed by atoms with E-state index in [0.29, 0.717) is 39.6 Å². The number of aromatic nitrogens is 4. The lowest BCUT2D eigenvalue weighted by Gasteiger charge is -2.33. The van der Waals surface area contributed by atoms with Crippen LogP contribution in [0.4, 0.5) is 22.7 Å². The predicted octanol–water partition coefficient (Wildman–Crippen LogP) is 7.67. The quantitative estimate of drug-likeness (QED) is 0.0421. The van der Waals surface area contributed by atoms with Gasteiger partial charge in [-0.2, -0.15) is 14.9 Å². The molecule has 4 aromatic carbocycles. The van der Waals surface area contributed by atoms with Crippen molar-refractivity contribution in [3.8, 4) is 34.6 Å². The molecule has 0 spiro atoms. The van der Waals surface area contributed by atoms with Gasteiger partial charge in [0.1, 0.15) is 17.1 Å². The largest absolute Gasteiger partial charge is 0.613 e. The fraction of sp³-hybridized carbons (Fsp3) is 0.135. The molecule has 258 valence electrons. The van der Waals surface area contributed by atoms with E-state index in [4.69, 9.17) is 34.9 Å². The first-order chi connectivity index (χ1) is 24.5. The van der Waals surface area contributed by atoms with Crippen molar-refractivity contribution in [3.05, 3.63) is 130 Å². The molecule has 0 saturated carbocycles. The first-order valence-corrected chi connectivity index (χ1v) is 15.6. The van der Waals surface area contributed by atoms with Crippen LogP contribution in [-0.2, 0) is 0 Å². The molecule has 0 radical (unpaired) electrons. The molecule has 0 aliphatic rings. The van der Waals surface area contributed by atoms with E-state index in [2.05, 4.69) is 23.4 Å². The minimum absolute atomic E-state index is 0.0117. The number of benzene rings is 4. The second-order valence-corrected chi connectivity index (χ2v) is 11.4. The Morgan fingerprint density at radius 1 is 0.725 bits per heavy atom. The normalized spacial score (nSPS) is 12.1. The maximum absolute atomic E-state index is 11.7. The third-order valence-electron chi connectivity index (χ3n) is 7.89. The van der Waals surface area contributed by atoms with Crippen molar-refractivity contribution in [2.45, 2.75) is 33.9 Å². The highest BCUT2D eigenvalue weighted by atomic mass is 17.0. The van der Waals surface area contributed by atoms with Crippen molar-refractivity contribution < 1.29 is 23.9 Å². The van der Waals surface area contributed by atoms with Gasteiger partial charge in [-0.05, 0) is 95.2 Å². The molecule has 2 heterocycles. The highest BCUT2D eigenvalue weighted by Crippen LogP contribution is 2.42. The van der Waals surface area contributed by atoms with Crippen LogP contribution in [0, 0.1) is 37.8 Å². The number of rotatable bonds is 13. The van der Waals surface area contributed by atoms with Crippen molar-refractivity contribution in [2.24, 2.45) is 9.98 Å². The van der Waals surface area contributed by atoms with Crippen molar-refractivity contribution in [1.82, 2.24) is 19.6 Å². The minimum Gasteiger partial charge on any atom is -0.399 e. The number of para-hydroxylation sites is 2. The molecule has 1 atom stereocenters. The van der Waals surface area contributed by atoms with Crippen molar-refractivity contribution in [2.75, 3.05) is 5.73 Å². The van der Waals surface area contributed by atoms with E-state index < -0.39 is 11.1 Å². The van der Waals surface area contributed by atoms with Crippen LogP contribution >= 0.6 is 0 Å². The average molecular weight is 687 g/mol. The van der Waals surface area contributed by atoms with Gasteiger partial charge < -0.3 is 24.7 Å². The first kappa shape index (κ1) is 33.9. The zero-order valence-electron chi connectivity index (χ0n) is 28.3. The number of nitro benzene ring substituents is 1. The summed E-state index contributed by atoms with van der Waals surface area (Å²) >= 11 is 0. The fourth-order valence-corrected chi connectivity index (χ4v) is 5.21. The molecule has 6 aromatic rings. The monoisotopic (exact) mass is 686 g/mol. The lowest BCUT2D eigenvalue weighted by Crippen LogP contribution is -2.54. The van der Waals surface area contributed by atoms with Gasteiger partial charge in [0.25, 0.3) is 11.6 Å². The Kier molecular flexibility index (Phi) is 9.23. The number of ether oxygens (including phenoxy) is 4. The molecule has 0 saturated heterocycles. The van der Waals surface area contributed by atoms with E-state index in [9.17, 15) is 10.1 Å². The Labute approximate surface area is 293 Å². The van der Waals surface area contributed by atoms with Gasteiger partial charge in [-0.1, -0.05) is 36.4 Å². The summed E-state index contributed by atoms with van der Waals surface area (Å²) in [5.41, 5.74) is 10.3. The summed E-state index contributed by atoms with van der Waals surface area (Å²) in [5.74, 6) is 0.462. The van der Waals surface area contributed by atoms with Crippen molar-refractivity contribution in [1.29, 1.82) is 0 Å². The molecule has 0 fully saturated rings. The second-order valence-electron chi connectivity index (χ2n) is 11.4.